The molecule has 0 bridgehead atoms. The average molecular weight is 1240 g/mol. The highest BCUT2D eigenvalue weighted by Gasteiger charge is 2.28. The van der Waals surface area contributed by atoms with Gasteiger partial charge in [0.1, 0.15) is 13.2 Å². The molecule has 0 aromatic heterocycles. The van der Waals surface area contributed by atoms with Crippen molar-refractivity contribution in [2.75, 3.05) is 40.9 Å². The lowest BCUT2D eigenvalue weighted by Gasteiger charge is -2.26. The van der Waals surface area contributed by atoms with Crippen molar-refractivity contribution >= 4 is 13.7 Å². The number of phosphoric ester groups is 1. The predicted octanol–water partition coefficient (Wildman–Crippen LogP) is 23.8. The highest BCUT2D eigenvalue weighted by atomic mass is 31.2. The van der Waals surface area contributed by atoms with Crippen LogP contribution in [-0.4, -0.2) is 73.4 Å². The fourth-order valence-corrected chi connectivity index (χ4v) is 11.0. The Labute approximate surface area is 545 Å². The van der Waals surface area contributed by atoms with Crippen molar-refractivity contribution in [1.29, 1.82) is 0 Å². The molecule has 0 fully saturated rings. The van der Waals surface area contributed by atoms with E-state index in [-0.39, 0.29) is 19.1 Å². The van der Waals surface area contributed by atoms with E-state index < -0.39 is 20.0 Å². The number of likely N-dealkylation sites (N-methyl/N-ethyl adjacent to an activating group) is 1. The lowest BCUT2D eigenvalue weighted by molar-refractivity contribution is -0.870. The molecule has 1 amide bonds. The first-order valence-corrected chi connectivity index (χ1v) is 38.0. The van der Waals surface area contributed by atoms with Gasteiger partial charge in [-0.1, -0.05) is 340 Å². The first-order valence-electron chi connectivity index (χ1n) is 36.5. The molecule has 0 heterocycles. The van der Waals surface area contributed by atoms with Crippen LogP contribution in [0.15, 0.2) is 134 Å². The van der Waals surface area contributed by atoms with E-state index in [1.165, 1.54) is 167 Å². The van der Waals surface area contributed by atoms with E-state index in [9.17, 15) is 19.4 Å². The van der Waals surface area contributed by atoms with Gasteiger partial charge in [-0.2, -0.15) is 0 Å². The van der Waals surface area contributed by atoms with Crippen LogP contribution in [0.1, 0.15) is 309 Å². The van der Waals surface area contributed by atoms with Crippen molar-refractivity contribution in [3.05, 3.63) is 134 Å². The Bertz CT molecular complexity index is 1900. The number of aliphatic hydroxyl groups excluding tert-OH is 1. The average Bonchev–Trinajstić information content (AvgIpc) is 3.70. The van der Waals surface area contributed by atoms with Crippen molar-refractivity contribution < 1.29 is 32.9 Å². The Balaban J connectivity index is 4.16. The van der Waals surface area contributed by atoms with E-state index in [0.717, 1.165) is 116 Å². The van der Waals surface area contributed by atoms with Gasteiger partial charge >= 0.3 is 7.82 Å². The van der Waals surface area contributed by atoms with Gasteiger partial charge in [-0.25, -0.2) is 4.57 Å². The van der Waals surface area contributed by atoms with Crippen molar-refractivity contribution in [3.8, 4) is 0 Å². The summed E-state index contributed by atoms with van der Waals surface area (Å²) in [5.41, 5.74) is 0. The van der Waals surface area contributed by atoms with Crippen LogP contribution < -0.4 is 5.32 Å². The van der Waals surface area contributed by atoms with Crippen molar-refractivity contribution in [3.63, 3.8) is 0 Å². The third-order valence-corrected chi connectivity index (χ3v) is 16.9. The first-order chi connectivity index (χ1) is 43.0. The molecule has 3 N–H and O–H groups in total. The normalized spacial score (nSPS) is 14.4. The van der Waals surface area contributed by atoms with Crippen LogP contribution in [0.3, 0.4) is 0 Å². The van der Waals surface area contributed by atoms with Gasteiger partial charge in [-0.3, -0.25) is 13.8 Å². The second-order valence-corrected chi connectivity index (χ2v) is 27.0. The Kier molecular flexibility index (Phi) is 65.4. The SMILES string of the molecule is CC/C=C\C/C=C\C/C=C\C/C=C\C/C=C\C/C=C\C/C=C\C/C=C\C/C=C\C/C=C\C/C=C\CCCCCC(=O)NC(COP(=O)(O)OCC[N+](C)(C)C)C(O)CCCCCCCCCCCCCCCCCCCCCCCCCCCCCCC. The molecule has 0 aliphatic carbocycles. The number of nitrogens with one attached hydrogen (secondary N) is 1. The summed E-state index contributed by atoms with van der Waals surface area (Å²) in [5, 5.41) is 14.1. The van der Waals surface area contributed by atoms with E-state index in [0.29, 0.717) is 23.9 Å². The van der Waals surface area contributed by atoms with Crippen LogP contribution >= 0.6 is 7.82 Å². The summed E-state index contributed by atoms with van der Waals surface area (Å²) < 4.78 is 23.9. The number of phosphoric acid groups is 1. The standard InChI is InChI=1S/C79H139N2O6P/c1-6-8-10-12-14-16-18-20-22-24-26-28-30-32-34-36-37-38-39-40-41-42-43-45-47-49-51-53-55-57-59-61-63-65-67-69-71-73-79(83)80-77(76-87-88(84,85)86-75-74-81(3,4)5)78(82)72-70-68-66-64-62-60-58-56-54-52-50-48-46-44-35-33-31-29-27-25-23-21-19-17-15-13-11-9-7-2/h8,10,14,16,20,22,26,28,32,34,37-38,40-41,43,45,49,51,55,57,61,63,77-78,82H,6-7,9,11-13,15,17-19,21,23-25,27,29-31,33,35-36,39,42,44,46-48,50,52-54,56,58-60,62,64-76H2,1-5H3,(H-,80,83,84,85)/p+1/b10-8-,16-14-,22-20-,28-26-,34-32-,38-37-,41-40-,45-43-,51-49-,57-55-,63-61-. The molecular weight excluding hydrogens is 1100 g/mol. The molecule has 0 aliphatic heterocycles. The quantitative estimate of drug-likeness (QED) is 0.0243. The number of allylic oxidation sites excluding steroid dienone is 22. The van der Waals surface area contributed by atoms with E-state index in [1.807, 2.05) is 21.1 Å². The van der Waals surface area contributed by atoms with E-state index in [2.05, 4.69) is 153 Å². The van der Waals surface area contributed by atoms with Crippen LogP contribution in [0.25, 0.3) is 0 Å². The number of rotatable bonds is 66. The molecule has 0 aromatic carbocycles. The summed E-state index contributed by atoms with van der Waals surface area (Å²) in [6.45, 7) is 4.77. The maximum Gasteiger partial charge on any atom is 0.472 e. The monoisotopic (exact) mass is 1240 g/mol. The van der Waals surface area contributed by atoms with Crippen molar-refractivity contribution in [2.45, 2.75) is 321 Å². The molecular formula is C79H140N2O6P+. The Hall–Kier alpha value is -3.36. The second kappa shape index (κ2) is 68.0. The number of carbonyl (C=O) groups excluding carboxylic acids is 1. The summed E-state index contributed by atoms with van der Waals surface area (Å²) in [6, 6.07) is -0.791. The summed E-state index contributed by atoms with van der Waals surface area (Å²) in [6.07, 6.45) is 103. The molecule has 0 aliphatic rings. The van der Waals surface area contributed by atoms with Gasteiger partial charge in [0.2, 0.25) is 5.91 Å². The molecule has 506 valence electrons. The van der Waals surface area contributed by atoms with Crippen LogP contribution in [0.2, 0.25) is 0 Å². The van der Waals surface area contributed by atoms with Crippen molar-refractivity contribution in [2.24, 2.45) is 0 Å². The second-order valence-electron chi connectivity index (χ2n) is 25.6. The lowest BCUT2D eigenvalue weighted by Crippen LogP contribution is -2.46. The Morgan fingerprint density at radius 3 is 0.989 bits per heavy atom. The smallest absolute Gasteiger partial charge is 0.391 e. The van der Waals surface area contributed by atoms with Crippen LogP contribution in [0.4, 0.5) is 0 Å². The maximum absolute atomic E-state index is 13.1. The molecule has 0 spiro atoms. The predicted molar refractivity (Wildman–Crippen MR) is 387 cm³/mol. The highest BCUT2D eigenvalue weighted by Crippen LogP contribution is 2.43. The molecule has 0 saturated carbocycles. The zero-order valence-electron chi connectivity index (χ0n) is 57.9. The van der Waals surface area contributed by atoms with E-state index >= 15 is 0 Å². The van der Waals surface area contributed by atoms with Crippen LogP contribution in [-0.2, 0) is 18.4 Å². The minimum absolute atomic E-state index is 0.0613. The van der Waals surface area contributed by atoms with Gasteiger partial charge in [0.15, 0.2) is 0 Å². The largest absolute Gasteiger partial charge is 0.472 e. The minimum atomic E-state index is -4.35. The van der Waals surface area contributed by atoms with Gasteiger partial charge in [-0.05, 0) is 96.3 Å². The number of nitrogens with zero attached hydrogens (tertiary/aromatic N) is 1. The van der Waals surface area contributed by atoms with E-state index in [4.69, 9.17) is 9.05 Å². The molecule has 0 radical (unpaired) electrons. The Morgan fingerprint density at radius 2 is 0.682 bits per heavy atom. The summed E-state index contributed by atoms with van der Waals surface area (Å²) in [4.78, 5) is 23.5. The highest BCUT2D eigenvalue weighted by molar-refractivity contribution is 7.47. The molecule has 9 heteroatoms. The molecule has 3 unspecified atom stereocenters. The molecule has 3 atom stereocenters. The molecule has 8 nitrogen and oxygen atoms in total. The third kappa shape index (κ3) is 70.1. The molecule has 0 rings (SSSR count). The molecule has 0 saturated heterocycles. The van der Waals surface area contributed by atoms with Gasteiger partial charge in [0, 0.05) is 6.42 Å². The molecule has 0 aromatic rings. The van der Waals surface area contributed by atoms with Crippen molar-refractivity contribution in [1.82, 2.24) is 5.32 Å². The number of unbranched alkanes of at least 4 members (excludes halogenated alkanes) is 31. The topological polar surface area (TPSA) is 105 Å². The Morgan fingerprint density at radius 1 is 0.398 bits per heavy atom. The number of hydrogen-bond acceptors (Lipinski definition) is 5. The van der Waals surface area contributed by atoms with Crippen LogP contribution in [0, 0.1) is 0 Å². The minimum Gasteiger partial charge on any atom is -0.391 e. The van der Waals surface area contributed by atoms with Gasteiger partial charge in [-0.15, -0.1) is 0 Å². The number of hydrogen-bond donors (Lipinski definition) is 3. The maximum atomic E-state index is 13.1. The summed E-state index contributed by atoms with van der Waals surface area (Å²) >= 11 is 0. The fourth-order valence-electron chi connectivity index (χ4n) is 10.3. The van der Waals surface area contributed by atoms with Gasteiger partial charge in [0.25, 0.3) is 0 Å². The number of aliphatic hydroxyl groups is 1. The van der Waals surface area contributed by atoms with E-state index in [1.54, 1.807) is 0 Å². The fraction of sp³-hybridized carbons (Fsp3) is 0.709. The third-order valence-electron chi connectivity index (χ3n) is 15.9. The summed E-state index contributed by atoms with van der Waals surface area (Å²) in [5.74, 6) is -0.178. The lowest BCUT2D eigenvalue weighted by atomic mass is 10.0. The van der Waals surface area contributed by atoms with Crippen LogP contribution in [0.5, 0.6) is 0 Å². The van der Waals surface area contributed by atoms with Gasteiger partial charge < -0.3 is 19.8 Å². The zero-order valence-corrected chi connectivity index (χ0v) is 58.8. The first kappa shape index (κ1) is 84.6. The zero-order chi connectivity index (χ0) is 64.1. The molecule has 88 heavy (non-hydrogen) atoms. The van der Waals surface area contributed by atoms with Gasteiger partial charge in [0.05, 0.1) is 39.9 Å². The number of quaternary nitrogens is 1. The number of amides is 1. The summed E-state index contributed by atoms with van der Waals surface area (Å²) in [7, 11) is 1.58. The number of carbonyl (C=O) groups is 1.